The number of hydrogen-bond acceptors (Lipinski definition) is 0. The Morgan fingerprint density at radius 2 is 1.77 bits per heavy atom. The van der Waals surface area contributed by atoms with Crippen LogP contribution in [0, 0.1) is 32.1 Å². The van der Waals surface area contributed by atoms with Crippen LogP contribution in [0.1, 0.15) is 23.6 Å². The van der Waals surface area contributed by atoms with E-state index in [9.17, 15) is 0 Å². The molecule has 0 saturated heterocycles. The van der Waals surface area contributed by atoms with Crippen molar-refractivity contribution in [1.82, 2.24) is 0 Å². The molecule has 1 aromatic carbocycles. The van der Waals surface area contributed by atoms with Crippen LogP contribution >= 0.6 is 0 Å². The lowest BCUT2D eigenvalue weighted by Crippen LogP contribution is -1.96. The van der Waals surface area contributed by atoms with Crippen LogP contribution in [0.2, 0.25) is 0 Å². The molecular formula is C13H16. The Kier molecular flexibility index (Phi) is 3.14. The number of terminal acetylenes is 1. The molecule has 0 aliphatic carbocycles. The second-order valence-electron chi connectivity index (χ2n) is 3.77. The van der Waals surface area contributed by atoms with E-state index in [0.717, 1.165) is 6.42 Å². The lowest BCUT2D eigenvalue weighted by atomic mass is 9.98. The van der Waals surface area contributed by atoms with Crippen LogP contribution < -0.4 is 0 Å². The Morgan fingerprint density at radius 3 is 2.23 bits per heavy atom. The molecule has 0 fully saturated rings. The highest BCUT2D eigenvalue weighted by atomic mass is 14.0. The zero-order chi connectivity index (χ0) is 9.84. The number of hydrogen-bond donors (Lipinski definition) is 0. The first kappa shape index (κ1) is 9.86. The van der Waals surface area contributed by atoms with Crippen molar-refractivity contribution in [2.24, 2.45) is 5.92 Å². The molecule has 0 amide bonds. The van der Waals surface area contributed by atoms with Crippen molar-refractivity contribution in [3.05, 3.63) is 34.9 Å². The van der Waals surface area contributed by atoms with Gasteiger partial charge in [-0.2, -0.15) is 0 Å². The van der Waals surface area contributed by atoms with Gasteiger partial charge in [-0.15, -0.1) is 12.3 Å². The monoisotopic (exact) mass is 172 g/mol. The molecule has 1 aromatic rings. The molecule has 1 atom stereocenters. The molecule has 0 bridgehead atoms. The minimum absolute atomic E-state index is 0.334. The number of aryl methyl sites for hydroxylation is 2. The van der Waals surface area contributed by atoms with Gasteiger partial charge in [-0.05, 0) is 25.8 Å². The molecule has 0 nitrogen and oxygen atoms in total. The molecule has 0 spiro atoms. The maximum atomic E-state index is 5.35. The highest BCUT2D eigenvalue weighted by Gasteiger charge is 2.00. The van der Waals surface area contributed by atoms with Crippen molar-refractivity contribution in [1.29, 1.82) is 0 Å². The maximum Gasteiger partial charge on any atom is 0.0212 e. The molecule has 68 valence electrons. The second-order valence-corrected chi connectivity index (χ2v) is 3.77. The van der Waals surface area contributed by atoms with Crippen LogP contribution in [0.25, 0.3) is 0 Å². The molecular weight excluding hydrogens is 156 g/mol. The molecule has 0 aliphatic rings. The summed E-state index contributed by atoms with van der Waals surface area (Å²) < 4.78 is 0. The summed E-state index contributed by atoms with van der Waals surface area (Å²) in [5.74, 6) is 3.09. The van der Waals surface area contributed by atoms with Crippen molar-refractivity contribution >= 4 is 0 Å². The highest BCUT2D eigenvalue weighted by Crippen LogP contribution is 2.12. The summed E-state index contributed by atoms with van der Waals surface area (Å²) in [7, 11) is 0. The molecule has 0 heteroatoms. The summed E-state index contributed by atoms with van der Waals surface area (Å²) in [6, 6.07) is 6.60. The zero-order valence-corrected chi connectivity index (χ0v) is 8.59. The van der Waals surface area contributed by atoms with E-state index in [-0.39, 0.29) is 0 Å². The first-order valence-electron chi connectivity index (χ1n) is 4.65. The summed E-state index contributed by atoms with van der Waals surface area (Å²) in [5, 5.41) is 0. The van der Waals surface area contributed by atoms with E-state index in [4.69, 9.17) is 6.42 Å². The van der Waals surface area contributed by atoms with Crippen LogP contribution in [-0.4, -0.2) is 0 Å². The molecule has 1 unspecified atom stereocenters. The molecule has 0 heterocycles. The van der Waals surface area contributed by atoms with Crippen LogP contribution in [0.3, 0.4) is 0 Å². The SMILES string of the molecule is C#CC(C)Cc1cc(C)cc(C)c1. The fraction of sp³-hybridized carbons (Fsp3) is 0.385. The van der Waals surface area contributed by atoms with E-state index < -0.39 is 0 Å². The van der Waals surface area contributed by atoms with E-state index in [1.165, 1.54) is 16.7 Å². The maximum absolute atomic E-state index is 5.35. The van der Waals surface area contributed by atoms with E-state index >= 15 is 0 Å². The molecule has 0 aliphatic heterocycles. The van der Waals surface area contributed by atoms with E-state index in [1.807, 2.05) is 0 Å². The lowest BCUT2D eigenvalue weighted by Gasteiger charge is -2.06. The molecule has 0 radical (unpaired) electrons. The summed E-state index contributed by atoms with van der Waals surface area (Å²) in [6.07, 6.45) is 6.33. The van der Waals surface area contributed by atoms with Gasteiger partial charge < -0.3 is 0 Å². The first-order valence-corrected chi connectivity index (χ1v) is 4.65. The zero-order valence-electron chi connectivity index (χ0n) is 8.59. The predicted octanol–water partition coefficient (Wildman–Crippen LogP) is 3.12. The van der Waals surface area contributed by atoms with Gasteiger partial charge in [0.15, 0.2) is 0 Å². The third kappa shape index (κ3) is 2.95. The van der Waals surface area contributed by atoms with Crippen LogP contribution in [0.15, 0.2) is 18.2 Å². The standard InChI is InChI=1S/C13H16/c1-5-10(2)7-13-8-11(3)6-12(4)9-13/h1,6,8-10H,7H2,2-4H3. The molecule has 0 N–H and O–H groups in total. The largest absolute Gasteiger partial charge is 0.120 e. The Bertz CT molecular complexity index is 308. The van der Waals surface area contributed by atoms with Gasteiger partial charge in [0.05, 0.1) is 0 Å². The fourth-order valence-electron chi connectivity index (χ4n) is 1.60. The van der Waals surface area contributed by atoms with Gasteiger partial charge in [0.25, 0.3) is 0 Å². The van der Waals surface area contributed by atoms with Crippen molar-refractivity contribution in [3.8, 4) is 12.3 Å². The van der Waals surface area contributed by atoms with Gasteiger partial charge in [-0.1, -0.05) is 36.2 Å². The summed E-state index contributed by atoms with van der Waals surface area (Å²) in [6.45, 7) is 6.33. The number of benzene rings is 1. The Balaban J connectivity index is 2.84. The van der Waals surface area contributed by atoms with Gasteiger partial charge in [-0.3, -0.25) is 0 Å². The van der Waals surface area contributed by atoms with E-state index in [2.05, 4.69) is 44.9 Å². The summed E-state index contributed by atoms with van der Waals surface area (Å²) in [4.78, 5) is 0. The molecule has 1 rings (SSSR count). The van der Waals surface area contributed by atoms with Crippen molar-refractivity contribution in [3.63, 3.8) is 0 Å². The first-order chi connectivity index (χ1) is 6.11. The van der Waals surface area contributed by atoms with Crippen LogP contribution in [-0.2, 0) is 6.42 Å². The fourth-order valence-corrected chi connectivity index (χ4v) is 1.60. The predicted molar refractivity (Wildman–Crippen MR) is 57.6 cm³/mol. The summed E-state index contributed by atoms with van der Waals surface area (Å²) >= 11 is 0. The van der Waals surface area contributed by atoms with Gasteiger partial charge in [0.2, 0.25) is 0 Å². The molecule has 0 aromatic heterocycles. The average molecular weight is 172 g/mol. The van der Waals surface area contributed by atoms with Gasteiger partial charge in [-0.25, -0.2) is 0 Å². The van der Waals surface area contributed by atoms with Crippen molar-refractivity contribution in [2.45, 2.75) is 27.2 Å². The van der Waals surface area contributed by atoms with Crippen LogP contribution in [0.4, 0.5) is 0 Å². The van der Waals surface area contributed by atoms with Gasteiger partial charge >= 0.3 is 0 Å². The third-order valence-corrected chi connectivity index (χ3v) is 2.11. The normalized spacial score (nSPS) is 12.2. The molecule has 13 heavy (non-hydrogen) atoms. The quantitative estimate of drug-likeness (QED) is 0.601. The second kappa shape index (κ2) is 4.14. The van der Waals surface area contributed by atoms with Crippen molar-refractivity contribution in [2.75, 3.05) is 0 Å². The van der Waals surface area contributed by atoms with Crippen LogP contribution in [0.5, 0.6) is 0 Å². The lowest BCUT2D eigenvalue weighted by molar-refractivity contribution is 0.750. The third-order valence-electron chi connectivity index (χ3n) is 2.11. The Hall–Kier alpha value is -1.22. The molecule has 0 saturated carbocycles. The smallest absolute Gasteiger partial charge is 0.0212 e. The summed E-state index contributed by atoms with van der Waals surface area (Å²) in [5.41, 5.74) is 3.99. The van der Waals surface area contributed by atoms with Gasteiger partial charge in [0.1, 0.15) is 0 Å². The van der Waals surface area contributed by atoms with Gasteiger partial charge in [0, 0.05) is 5.92 Å². The topological polar surface area (TPSA) is 0 Å². The van der Waals surface area contributed by atoms with E-state index in [0.29, 0.717) is 5.92 Å². The van der Waals surface area contributed by atoms with Crippen molar-refractivity contribution < 1.29 is 0 Å². The average Bonchev–Trinajstić information content (AvgIpc) is 2.02. The minimum atomic E-state index is 0.334. The Morgan fingerprint density at radius 1 is 1.23 bits per heavy atom. The minimum Gasteiger partial charge on any atom is -0.120 e. The number of rotatable bonds is 2. The highest BCUT2D eigenvalue weighted by molar-refractivity contribution is 5.29. The Labute approximate surface area is 81.0 Å². The van der Waals surface area contributed by atoms with E-state index in [1.54, 1.807) is 0 Å².